The molecule has 0 aromatic heterocycles. The first kappa shape index (κ1) is 9.52. The van der Waals surface area contributed by atoms with Crippen LogP contribution in [0.1, 0.15) is 26.2 Å². The summed E-state index contributed by atoms with van der Waals surface area (Å²) in [5.74, 6) is -0.0756. The lowest BCUT2D eigenvalue weighted by Gasteiger charge is -2.33. The first-order valence-electron chi connectivity index (χ1n) is 4.41. The predicted molar refractivity (Wildman–Crippen MR) is 44.8 cm³/mol. The fraction of sp³-hybridized carbons (Fsp3) is 0.889. The molecule has 0 saturated carbocycles. The van der Waals surface area contributed by atoms with Crippen molar-refractivity contribution in [2.45, 2.75) is 26.2 Å². The van der Waals surface area contributed by atoms with E-state index in [1.165, 1.54) is 7.11 Å². The Morgan fingerprint density at radius 3 is 2.50 bits per heavy atom. The summed E-state index contributed by atoms with van der Waals surface area (Å²) in [6.45, 7) is 3.40. The minimum Gasteiger partial charge on any atom is -0.469 e. The molecule has 1 aliphatic rings. The lowest BCUT2D eigenvalue weighted by Crippen LogP contribution is -2.37. The number of methoxy groups -OCH3 is 1. The van der Waals surface area contributed by atoms with Crippen LogP contribution >= 0.6 is 0 Å². The number of esters is 1. The van der Waals surface area contributed by atoms with E-state index in [2.05, 4.69) is 0 Å². The van der Waals surface area contributed by atoms with Crippen molar-refractivity contribution in [3.63, 3.8) is 0 Å². The van der Waals surface area contributed by atoms with Gasteiger partial charge in [-0.05, 0) is 19.3 Å². The molecule has 1 heterocycles. The van der Waals surface area contributed by atoms with Crippen LogP contribution in [0.15, 0.2) is 0 Å². The van der Waals surface area contributed by atoms with E-state index in [1.807, 2.05) is 6.92 Å². The standard InChI is InChI=1S/C9H16O3/c1-3-9(8(10)11-2)4-6-12-7-5-9/h3-7H2,1-2H3. The van der Waals surface area contributed by atoms with E-state index in [4.69, 9.17) is 9.47 Å². The van der Waals surface area contributed by atoms with Gasteiger partial charge in [-0.1, -0.05) is 6.92 Å². The summed E-state index contributed by atoms with van der Waals surface area (Å²) in [5, 5.41) is 0. The Kier molecular flexibility index (Phi) is 3.09. The molecule has 0 amide bonds. The highest BCUT2D eigenvalue weighted by atomic mass is 16.5. The number of carbonyl (C=O) groups is 1. The smallest absolute Gasteiger partial charge is 0.311 e. The summed E-state index contributed by atoms with van der Waals surface area (Å²) in [6, 6.07) is 0. The molecule has 3 nitrogen and oxygen atoms in total. The van der Waals surface area contributed by atoms with Gasteiger partial charge in [-0.15, -0.1) is 0 Å². The number of carbonyl (C=O) groups excluding carboxylic acids is 1. The molecular weight excluding hydrogens is 156 g/mol. The van der Waals surface area contributed by atoms with E-state index in [0.29, 0.717) is 13.2 Å². The minimum atomic E-state index is -0.257. The van der Waals surface area contributed by atoms with Gasteiger partial charge < -0.3 is 9.47 Å². The van der Waals surface area contributed by atoms with Gasteiger partial charge in [0.05, 0.1) is 12.5 Å². The van der Waals surface area contributed by atoms with E-state index in [0.717, 1.165) is 19.3 Å². The summed E-state index contributed by atoms with van der Waals surface area (Å²) >= 11 is 0. The van der Waals surface area contributed by atoms with Crippen molar-refractivity contribution < 1.29 is 14.3 Å². The third-order valence-corrected chi connectivity index (χ3v) is 2.75. The van der Waals surface area contributed by atoms with Crippen molar-refractivity contribution in [2.75, 3.05) is 20.3 Å². The maximum Gasteiger partial charge on any atom is 0.311 e. The summed E-state index contributed by atoms with van der Waals surface area (Å²) in [6.07, 6.45) is 2.45. The Bertz CT molecular complexity index is 159. The molecule has 0 bridgehead atoms. The van der Waals surface area contributed by atoms with Crippen molar-refractivity contribution in [2.24, 2.45) is 5.41 Å². The van der Waals surface area contributed by atoms with E-state index >= 15 is 0 Å². The molecule has 1 aliphatic heterocycles. The second-order valence-corrected chi connectivity index (χ2v) is 3.24. The van der Waals surface area contributed by atoms with E-state index in [1.54, 1.807) is 0 Å². The number of ether oxygens (including phenoxy) is 2. The summed E-state index contributed by atoms with van der Waals surface area (Å²) < 4.78 is 10.0. The molecule has 0 atom stereocenters. The van der Waals surface area contributed by atoms with Crippen molar-refractivity contribution in [1.29, 1.82) is 0 Å². The van der Waals surface area contributed by atoms with Crippen LogP contribution in [-0.2, 0) is 14.3 Å². The zero-order valence-electron chi connectivity index (χ0n) is 7.76. The SMILES string of the molecule is CCC1(C(=O)OC)CCOCC1. The third-order valence-electron chi connectivity index (χ3n) is 2.75. The topological polar surface area (TPSA) is 35.5 Å². The number of hydrogen-bond acceptors (Lipinski definition) is 3. The van der Waals surface area contributed by atoms with Gasteiger partial charge in [-0.25, -0.2) is 0 Å². The van der Waals surface area contributed by atoms with Crippen LogP contribution in [0.4, 0.5) is 0 Å². The Morgan fingerprint density at radius 1 is 1.50 bits per heavy atom. The molecule has 1 rings (SSSR count). The van der Waals surface area contributed by atoms with Gasteiger partial charge in [-0.2, -0.15) is 0 Å². The van der Waals surface area contributed by atoms with Crippen molar-refractivity contribution in [1.82, 2.24) is 0 Å². The molecular formula is C9H16O3. The lowest BCUT2D eigenvalue weighted by atomic mass is 9.78. The fourth-order valence-electron chi connectivity index (χ4n) is 1.68. The van der Waals surface area contributed by atoms with Gasteiger partial charge in [0.2, 0.25) is 0 Å². The van der Waals surface area contributed by atoms with Gasteiger partial charge in [0.1, 0.15) is 0 Å². The highest BCUT2D eigenvalue weighted by Gasteiger charge is 2.39. The van der Waals surface area contributed by atoms with Crippen LogP contribution < -0.4 is 0 Å². The first-order chi connectivity index (χ1) is 5.75. The molecule has 70 valence electrons. The number of hydrogen-bond donors (Lipinski definition) is 0. The lowest BCUT2D eigenvalue weighted by molar-refractivity contribution is -0.159. The quantitative estimate of drug-likeness (QED) is 0.590. The van der Waals surface area contributed by atoms with E-state index < -0.39 is 0 Å². The summed E-state index contributed by atoms with van der Waals surface area (Å²) in [4.78, 5) is 11.4. The van der Waals surface area contributed by atoms with Crippen molar-refractivity contribution in [3.8, 4) is 0 Å². The molecule has 0 N–H and O–H groups in total. The summed E-state index contributed by atoms with van der Waals surface area (Å²) in [7, 11) is 1.45. The molecule has 0 aromatic rings. The minimum absolute atomic E-state index is 0.0756. The van der Waals surface area contributed by atoms with E-state index in [-0.39, 0.29) is 11.4 Å². The van der Waals surface area contributed by atoms with Crippen molar-refractivity contribution in [3.05, 3.63) is 0 Å². The van der Waals surface area contributed by atoms with Crippen LogP contribution in [0.5, 0.6) is 0 Å². The molecule has 0 spiro atoms. The second-order valence-electron chi connectivity index (χ2n) is 3.24. The molecule has 12 heavy (non-hydrogen) atoms. The Morgan fingerprint density at radius 2 is 2.08 bits per heavy atom. The van der Waals surface area contributed by atoms with Gasteiger partial charge in [0.15, 0.2) is 0 Å². The Labute approximate surface area is 73.0 Å². The van der Waals surface area contributed by atoms with Crippen LogP contribution in [-0.4, -0.2) is 26.3 Å². The molecule has 1 saturated heterocycles. The molecule has 0 aromatic carbocycles. The average Bonchev–Trinajstić information content (AvgIpc) is 2.17. The maximum absolute atomic E-state index is 11.4. The van der Waals surface area contributed by atoms with Gasteiger partial charge in [-0.3, -0.25) is 4.79 Å². The molecule has 1 fully saturated rings. The predicted octanol–water partition coefficient (Wildman–Crippen LogP) is 1.37. The van der Waals surface area contributed by atoms with Gasteiger partial charge in [0.25, 0.3) is 0 Å². The maximum atomic E-state index is 11.4. The largest absolute Gasteiger partial charge is 0.469 e. The fourth-order valence-corrected chi connectivity index (χ4v) is 1.68. The highest BCUT2D eigenvalue weighted by molar-refractivity contribution is 5.76. The Balaban J connectivity index is 2.66. The van der Waals surface area contributed by atoms with Gasteiger partial charge >= 0.3 is 5.97 Å². The van der Waals surface area contributed by atoms with Crippen molar-refractivity contribution >= 4 is 5.97 Å². The molecule has 0 aliphatic carbocycles. The first-order valence-corrected chi connectivity index (χ1v) is 4.41. The zero-order chi connectivity index (χ0) is 9.03. The molecule has 0 unspecified atom stereocenters. The van der Waals surface area contributed by atoms with Crippen LogP contribution in [0, 0.1) is 5.41 Å². The van der Waals surface area contributed by atoms with Crippen LogP contribution in [0.25, 0.3) is 0 Å². The average molecular weight is 172 g/mol. The Hall–Kier alpha value is -0.570. The van der Waals surface area contributed by atoms with Crippen LogP contribution in [0.2, 0.25) is 0 Å². The highest BCUT2D eigenvalue weighted by Crippen LogP contribution is 2.34. The third kappa shape index (κ3) is 1.61. The van der Waals surface area contributed by atoms with Crippen LogP contribution in [0.3, 0.4) is 0 Å². The normalized spacial score (nSPS) is 21.8. The summed E-state index contributed by atoms with van der Waals surface area (Å²) in [5.41, 5.74) is -0.257. The zero-order valence-corrected chi connectivity index (χ0v) is 7.76. The second kappa shape index (κ2) is 3.90. The molecule has 3 heteroatoms. The van der Waals surface area contributed by atoms with E-state index in [9.17, 15) is 4.79 Å². The monoisotopic (exact) mass is 172 g/mol. The number of rotatable bonds is 2. The molecule has 0 radical (unpaired) electrons. The van der Waals surface area contributed by atoms with Gasteiger partial charge in [0, 0.05) is 13.2 Å².